The summed E-state index contributed by atoms with van der Waals surface area (Å²) in [6.07, 6.45) is 2.26. The first-order valence-electron chi connectivity index (χ1n) is 7.93. The molecule has 0 fully saturated rings. The summed E-state index contributed by atoms with van der Waals surface area (Å²) in [5, 5.41) is 12.4. The molecule has 132 valence electrons. The monoisotopic (exact) mass is 406 g/mol. The highest BCUT2D eigenvalue weighted by Crippen LogP contribution is 2.30. The van der Waals surface area contributed by atoms with Crippen LogP contribution in [0.3, 0.4) is 0 Å². The predicted molar refractivity (Wildman–Crippen MR) is 96.9 cm³/mol. The Balaban J connectivity index is 2.21. The maximum Gasteiger partial charge on any atom is 0.174 e. The van der Waals surface area contributed by atoms with Gasteiger partial charge in [-0.15, -0.1) is 10.2 Å². The molecule has 0 spiro atoms. The minimum atomic E-state index is -0.319. The summed E-state index contributed by atoms with van der Waals surface area (Å²) in [7, 11) is 1.76. The van der Waals surface area contributed by atoms with E-state index in [2.05, 4.69) is 57.1 Å². The van der Waals surface area contributed by atoms with Gasteiger partial charge in [0.25, 0.3) is 0 Å². The summed E-state index contributed by atoms with van der Waals surface area (Å²) >= 11 is 3.36. The van der Waals surface area contributed by atoms with Gasteiger partial charge in [0.15, 0.2) is 17.5 Å². The summed E-state index contributed by atoms with van der Waals surface area (Å²) in [5.41, 5.74) is 0.949. The van der Waals surface area contributed by atoms with E-state index >= 15 is 0 Å². The molecule has 0 N–H and O–H groups in total. The van der Waals surface area contributed by atoms with Gasteiger partial charge in [0, 0.05) is 17.9 Å². The van der Waals surface area contributed by atoms with Crippen LogP contribution in [0.15, 0.2) is 22.8 Å². The minimum Gasteiger partial charge on any atom is -0.231 e. The van der Waals surface area contributed by atoms with Crippen molar-refractivity contribution in [1.29, 1.82) is 0 Å². The third kappa shape index (κ3) is 3.49. The highest BCUT2D eigenvalue weighted by atomic mass is 79.9. The molecule has 0 aliphatic rings. The second kappa shape index (κ2) is 6.33. The lowest BCUT2D eigenvalue weighted by molar-refractivity contribution is 0.400. The maximum absolute atomic E-state index is 14.9. The highest BCUT2D eigenvalue weighted by molar-refractivity contribution is 9.10. The first-order chi connectivity index (χ1) is 11.7. The molecule has 0 radical (unpaired) electrons. The van der Waals surface area contributed by atoms with E-state index in [4.69, 9.17) is 0 Å². The Bertz CT molecular complexity index is 922. The van der Waals surface area contributed by atoms with E-state index in [9.17, 15) is 4.39 Å². The maximum atomic E-state index is 14.9. The number of nitrogens with zero attached hydrogens (tertiary/aromatic N) is 6. The molecule has 0 amide bonds. The number of hydrogen-bond acceptors (Lipinski definition) is 4. The van der Waals surface area contributed by atoms with Gasteiger partial charge in [0.1, 0.15) is 5.82 Å². The zero-order chi connectivity index (χ0) is 18.4. The second-order valence-corrected chi connectivity index (χ2v) is 8.10. The Morgan fingerprint density at radius 2 is 1.96 bits per heavy atom. The van der Waals surface area contributed by atoms with E-state index in [1.807, 2.05) is 6.07 Å². The van der Waals surface area contributed by atoms with E-state index in [0.717, 1.165) is 4.47 Å². The fourth-order valence-electron chi connectivity index (χ4n) is 2.55. The summed E-state index contributed by atoms with van der Waals surface area (Å²) < 4.78 is 18.8. The number of aryl methyl sites for hydroxylation is 1. The van der Waals surface area contributed by atoms with Crippen LogP contribution in [0.2, 0.25) is 0 Å². The van der Waals surface area contributed by atoms with Crippen molar-refractivity contribution in [1.82, 2.24) is 29.8 Å². The molecule has 0 aliphatic carbocycles. The molecule has 2 aromatic heterocycles. The van der Waals surface area contributed by atoms with Crippen LogP contribution < -0.4 is 0 Å². The molecule has 6 nitrogen and oxygen atoms in total. The second-order valence-electron chi connectivity index (χ2n) is 7.25. The Morgan fingerprint density at radius 1 is 1.24 bits per heavy atom. The Hall–Kier alpha value is -2.09. The van der Waals surface area contributed by atoms with E-state index in [1.54, 1.807) is 35.6 Å². The smallest absolute Gasteiger partial charge is 0.174 e. The number of rotatable bonds is 3. The molecule has 3 aromatic rings. The lowest BCUT2D eigenvalue weighted by Gasteiger charge is -2.14. The van der Waals surface area contributed by atoms with Crippen molar-refractivity contribution in [2.24, 2.45) is 12.5 Å². The van der Waals surface area contributed by atoms with E-state index in [0.29, 0.717) is 35.0 Å². The van der Waals surface area contributed by atoms with Crippen molar-refractivity contribution >= 4 is 15.9 Å². The quantitative estimate of drug-likeness (QED) is 0.662. The molecule has 2 heterocycles. The van der Waals surface area contributed by atoms with Crippen LogP contribution in [0.1, 0.15) is 32.2 Å². The number of halogens is 2. The molecule has 0 saturated carbocycles. The van der Waals surface area contributed by atoms with Crippen LogP contribution in [0.5, 0.6) is 0 Å². The lowest BCUT2D eigenvalue weighted by Crippen LogP contribution is -2.11. The van der Waals surface area contributed by atoms with Gasteiger partial charge < -0.3 is 0 Å². The van der Waals surface area contributed by atoms with Crippen molar-refractivity contribution in [2.75, 3.05) is 0 Å². The third-order valence-corrected chi connectivity index (χ3v) is 4.67. The molecule has 8 heteroatoms. The van der Waals surface area contributed by atoms with Crippen LogP contribution in [-0.2, 0) is 13.5 Å². The molecular weight excluding hydrogens is 387 g/mol. The zero-order valence-electron chi connectivity index (χ0n) is 14.9. The fourth-order valence-corrected chi connectivity index (χ4v) is 2.85. The van der Waals surface area contributed by atoms with Gasteiger partial charge in [-0.05, 0) is 30.0 Å². The zero-order valence-corrected chi connectivity index (χ0v) is 16.5. The van der Waals surface area contributed by atoms with Crippen molar-refractivity contribution in [2.45, 2.75) is 34.1 Å². The minimum absolute atomic E-state index is 0.0162. The Kier molecular flexibility index (Phi) is 4.49. The highest BCUT2D eigenvalue weighted by Gasteiger charge is 2.23. The van der Waals surface area contributed by atoms with Gasteiger partial charge in [-0.25, -0.2) is 14.1 Å². The van der Waals surface area contributed by atoms with Crippen molar-refractivity contribution in [3.63, 3.8) is 0 Å². The summed E-state index contributed by atoms with van der Waals surface area (Å²) in [6.45, 7) is 8.07. The van der Waals surface area contributed by atoms with E-state index < -0.39 is 0 Å². The molecule has 25 heavy (non-hydrogen) atoms. The van der Waals surface area contributed by atoms with Gasteiger partial charge in [-0.1, -0.05) is 41.9 Å². The van der Waals surface area contributed by atoms with Crippen LogP contribution in [0, 0.1) is 18.2 Å². The first-order valence-corrected chi connectivity index (χ1v) is 8.72. The topological polar surface area (TPSA) is 61.4 Å². The average molecular weight is 407 g/mol. The van der Waals surface area contributed by atoms with Crippen LogP contribution in [0.25, 0.3) is 17.2 Å². The summed E-state index contributed by atoms with van der Waals surface area (Å²) in [5.74, 6) is 1.41. The summed E-state index contributed by atoms with van der Waals surface area (Å²) in [4.78, 5) is 4.62. The number of hydrogen-bond donors (Lipinski definition) is 0. The fraction of sp³-hybridized carbons (Fsp3) is 0.412. The number of benzene rings is 1. The van der Waals surface area contributed by atoms with Crippen molar-refractivity contribution in [3.8, 4) is 17.2 Å². The molecule has 0 saturated heterocycles. The molecule has 0 unspecified atom stereocenters. The third-order valence-electron chi connectivity index (χ3n) is 3.81. The molecule has 0 aliphatic heterocycles. The van der Waals surface area contributed by atoms with Gasteiger partial charge in [-0.2, -0.15) is 4.68 Å². The largest absolute Gasteiger partial charge is 0.231 e. The average Bonchev–Trinajstić information content (AvgIpc) is 3.09. The van der Waals surface area contributed by atoms with Crippen molar-refractivity contribution < 1.29 is 4.39 Å². The van der Waals surface area contributed by atoms with Crippen LogP contribution in [0.4, 0.5) is 4.39 Å². The van der Waals surface area contributed by atoms with Crippen LogP contribution in [-0.4, -0.2) is 29.8 Å². The Morgan fingerprint density at radius 3 is 2.56 bits per heavy atom. The molecular formula is C17H20BrFN6. The molecule has 1 aromatic carbocycles. The lowest BCUT2D eigenvalue weighted by atomic mass is 9.92. The standard InChI is InChI=1S/C17H20BrFN6/c1-10-12(18)7-6-11(15(10)19)16-21-13(8-17(2,3)4)22-25(16)14-9-20-23-24(14)5/h6-7,9H,8H2,1-5H3. The Labute approximate surface area is 154 Å². The normalized spacial score (nSPS) is 12.0. The number of aromatic nitrogens is 6. The van der Waals surface area contributed by atoms with Gasteiger partial charge in [0.05, 0.1) is 11.8 Å². The van der Waals surface area contributed by atoms with E-state index in [-0.39, 0.29) is 11.2 Å². The van der Waals surface area contributed by atoms with Gasteiger partial charge in [0.2, 0.25) is 0 Å². The van der Waals surface area contributed by atoms with Crippen molar-refractivity contribution in [3.05, 3.63) is 40.0 Å². The van der Waals surface area contributed by atoms with Crippen LogP contribution >= 0.6 is 15.9 Å². The summed E-state index contributed by atoms with van der Waals surface area (Å²) in [6, 6.07) is 3.52. The van der Waals surface area contributed by atoms with E-state index in [1.165, 1.54) is 0 Å². The van der Waals surface area contributed by atoms with Gasteiger partial charge in [-0.3, -0.25) is 0 Å². The SMILES string of the molecule is Cc1c(Br)ccc(-c2nc(CC(C)(C)C)nn2-c2cnnn2C)c1F. The molecule has 0 atom stereocenters. The predicted octanol–water partition coefficient (Wildman–Crippen LogP) is 3.86. The molecule has 3 rings (SSSR count). The van der Waals surface area contributed by atoms with Gasteiger partial charge >= 0.3 is 0 Å². The molecule has 0 bridgehead atoms. The first kappa shape index (κ1) is 17.7.